The molecule has 5 heteroatoms. The Balaban J connectivity index is 2.04. The van der Waals surface area contributed by atoms with Crippen molar-refractivity contribution in [2.24, 2.45) is 0 Å². The lowest BCUT2D eigenvalue weighted by molar-refractivity contribution is 0.0948. The Labute approximate surface area is 118 Å². The number of hydrogen-bond donors (Lipinski definition) is 2. The van der Waals surface area contributed by atoms with Crippen LogP contribution >= 0.6 is 39.9 Å². The largest absolute Gasteiger partial charge is 0.347 e. The molecule has 2 aromatic rings. The van der Waals surface area contributed by atoms with Crippen molar-refractivity contribution in [3.63, 3.8) is 0 Å². The minimum atomic E-state index is -0.101. The lowest BCUT2D eigenvalue weighted by atomic mass is 10.2. The van der Waals surface area contributed by atoms with Gasteiger partial charge in [-0.3, -0.25) is 4.79 Å². The molecule has 0 fully saturated rings. The second-order valence-corrected chi connectivity index (χ2v) is 5.73. The predicted octanol–water partition coefficient (Wildman–Crippen LogP) is 3.73. The lowest BCUT2D eigenvalue weighted by Crippen LogP contribution is -2.22. The summed E-state index contributed by atoms with van der Waals surface area (Å²) in [6.45, 7) is 0.527. The maximum absolute atomic E-state index is 11.9. The fourth-order valence-corrected chi connectivity index (χ4v) is 3.07. The minimum absolute atomic E-state index is 0.101. The van der Waals surface area contributed by atoms with E-state index in [0.29, 0.717) is 17.0 Å². The molecule has 2 nitrogen and oxygen atoms in total. The first kappa shape index (κ1) is 12.7. The van der Waals surface area contributed by atoms with Crippen LogP contribution in [-0.4, -0.2) is 5.91 Å². The lowest BCUT2D eigenvalue weighted by Gasteiger charge is -2.06. The van der Waals surface area contributed by atoms with Crippen LogP contribution in [0.15, 0.2) is 45.1 Å². The zero-order chi connectivity index (χ0) is 12.3. The highest BCUT2D eigenvalue weighted by Crippen LogP contribution is 2.22. The Morgan fingerprint density at radius 1 is 1.35 bits per heavy atom. The fourth-order valence-electron chi connectivity index (χ4n) is 1.37. The topological polar surface area (TPSA) is 29.1 Å². The second-order valence-electron chi connectivity index (χ2n) is 3.39. The monoisotopic (exact) mass is 327 g/mol. The third-order valence-electron chi connectivity index (χ3n) is 2.25. The van der Waals surface area contributed by atoms with Gasteiger partial charge in [-0.2, -0.15) is 0 Å². The number of rotatable bonds is 3. The van der Waals surface area contributed by atoms with Gasteiger partial charge in [-0.25, -0.2) is 0 Å². The van der Waals surface area contributed by atoms with Gasteiger partial charge in [-0.05, 0) is 39.5 Å². The van der Waals surface area contributed by atoms with Gasteiger partial charge in [-0.1, -0.05) is 12.1 Å². The number of carbonyl (C=O) groups is 1. The molecular weight excluding hydrogens is 318 g/mol. The van der Waals surface area contributed by atoms with Crippen molar-refractivity contribution in [3.05, 3.63) is 50.6 Å². The van der Waals surface area contributed by atoms with Crippen molar-refractivity contribution in [2.45, 2.75) is 11.4 Å². The van der Waals surface area contributed by atoms with Crippen molar-refractivity contribution >= 4 is 45.8 Å². The van der Waals surface area contributed by atoms with Gasteiger partial charge < -0.3 is 5.32 Å². The predicted molar refractivity (Wildman–Crippen MR) is 76.9 cm³/mol. The van der Waals surface area contributed by atoms with Crippen LogP contribution in [0.1, 0.15) is 15.2 Å². The molecule has 0 bridgehead atoms. The summed E-state index contributed by atoms with van der Waals surface area (Å²) in [5, 5.41) is 4.86. The fraction of sp³-hybridized carbons (Fsp3) is 0.0833. The summed E-state index contributed by atoms with van der Waals surface area (Å²) < 4.78 is 1.03. The van der Waals surface area contributed by atoms with Crippen molar-refractivity contribution < 1.29 is 4.79 Å². The number of nitrogens with one attached hydrogen (secondary N) is 1. The van der Waals surface area contributed by atoms with Gasteiger partial charge in [0.05, 0.1) is 12.1 Å². The SMILES string of the molecule is O=C(NCc1sccc1Br)c1ccccc1S. The van der Waals surface area contributed by atoms with E-state index in [9.17, 15) is 4.79 Å². The van der Waals surface area contributed by atoms with E-state index in [1.165, 1.54) is 0 Å². The molecule has 0 spiro atoms. The third kappa shape index (κ3) is 3.12. The normalized spacial score (nSPS) is 10.2. The number of thiophene rings is 1. The van der Waals surface area contributed by atoms with Crippen molar-refractivity contribution in [1.29, 1.82) is 0 Å². The Kier molecular flexibility index (Phi) is 4.25. The van der Waals surface area contributed by atoms with E-state index in [1.54, 1.807) is 23.5 Å². The Bertz CT molecular complexity index is 539. The molecular formula is C12H10BrNOS2. The van der Waals surface area contributed by atoms with Crippen LogP contribution in [0.2, 0.25) is 0 Å². The van der Waals surface area contributed by atoms with Gasteiger partial charge in [0.1, 0.15) is 0 Å². The van der Waals surface area contributed by atoms with Gasteiger partial charge in [0, 0.05) is 14.2 Å². The highest BCUT2D eigenvalue weighted by molar-refractivity contribution is 9.10. The second kappa shape index (κ2) is 5.71. The molecule has 1 heterocycles. The molecule has 88 valence electrons. The molecule has 0 saturated carbocycles. The van der Waals surface area contributed by atoms with Gasteiger partial charge in [0.25, 0.3) is 5.91 Å². The molecule has 0 saturated heterocycles. The number of halogens is 1. The van der Waals surface area contributed by atoms with Crippen molar-refractivity contribution in [3.8, 4) is 0 Å². The van der Waals surface area contributed by atoms with Crippen LogP contribution in [0, 0.1) is 0 Å². The first-order valence-corrected chi connectivity index (χ1v) is 7.08. The number of carbonyl (C=O) groups excluding carboxylic acids is 1. The quantitative estimate of drug-likeness (QED) is 0.826. The molecule has 1 aromatic heterocycles. The van der Waals surface area contributed by atoms with E-state index >= 15 is 0 Å². The summed E-state index contributed by atoms with van der Waals surface area (Å²) >= 11 is 9.30. The number of hydrogen-bond acceptors (Lipinski definition) is 3. The van der Waals surface area contributed by atoms with Gasteiger partial charge >= 0.3 is 0 Å². The van der Waals surface area contributed by atoms with E-state index < -0.39 is 0 Å². The maximum Gasteiger partial charge on any atom is 0.252 e. The highest BCUT2D eigenvalue weighted by atomic mass is 79.9. The molecule has 1 N–H and O–H groups in total. The van der Waals surface area contributed by atoms with Crippen molar-refractivity contribution in [2.75, 3.05) is 0 Å². The van der Waals surface area contributed by atoms with Crippen LogP contribution < -0.4 is 5.32 Å². The molecule has 0 aliphatic rings. The molecule has 1 amide bonds. The van der Waals surface area contributed by atoms with Gasteiger partial charge in [-0.15, -0.1) is 24.0 Å². The maximum atomic E-state index is 11.9. The standard InChI is InChI=1S/C12H10BrNOS2/c13-9-5-6-17-11(9)7-14-12(15)8-3-1-2-4-10(8)16/h1-6,16H,7H2,(H,14,15). The first-order valence-electron chi connectivity index (χ1n) is 4.96. The zero-order valence-electron chi connectivity index (χ0n) is 8.81. The van der Waals surface area contributed by atoms with E-state index in [-0.39, 0.29) is 5.91 Å². The van der Waals surface area contributed by atoms with Crippen LogP contribution in [0.5, 0.6) is 0 Å². The molecule has 0 unspecified atom stereocenters. The molecule has 2 rings (SSSR count). The summed E-state index contributed by atoms with van der Waals surface area (Å²) in [6, 6.07) is 9.23. The van der Waals surface area contributed by atoms with E-state index in [2.05, 4.69) is 33.9 Å². The van der Waals surface area contributed by atoms with Crippen LogP contribution in [0.4, 0.5) is 0 Å². The summed E-state index contributed by atoms with van der Waals surface area (Å²) in [6.07, 6.45) is 0. The summed E-state index contributed by atoms with van der Waals surface area (Å²) in [5.74, 6) is -0.101. The van der Waals surface area contributed by atoms with E-state index in [0.717, 1.165) is 9.35 Å². The molecule has 0 aliphatic carbocycles. The summed E-state index contributed by atoms with van der Waals surface area (Å²) in [7, 11) is 0. The third-order valence-corrected chi connectivity index (χ3v) is 4.57. The highest BCUT2D eigenvalue weighted by Gasteiger charge is 2.09. The smallest absolute Gasteiger partial charge is 0.252 e. The molecule has 17 heavy (non-hydrogen) atoms. The first-order chi connectivity index (χ1) is 8.18. The van der Waals surface area contributed by atoms with Gasteiger partial charge in [0.15, 0.2) is 0 Å². The number of thiol groups is 1. The minimum Gasteiger partial charge on any atom is -0.347 e. The molecule has 0 radical (unpaired) electrons. The summed E-state index contributed by atoms with van der Waals surface area (Å²) in [5.41, 5.74) is 0.600. The average molecular weight is 328 g/mol. The number of amides is 1. The van der Waals surface area contributed by atoms with E-state index in [4.69, 9.17) is 0 Å². The van der Waals surface area contributed by atoms with E-state index in [1.807, 2.05) is 23.6 Å². The zero-order valence-corrected chi connectivity index (χ0v) is 12.1. The molecule has 0 aliphatic heterocycles. The average Bonchev–Trinajstić information content (AvgIpc) is 2.72. The van der Waals surface area contributed by atoms with Crippen LogP contribution in [0.3, 0.4) is 0 Å². The Morgan fingerprint density at radius 3 is 2.76 bits per heavy atom. The number of benzene rings is 1. The Morgan fingerprint density at radius 2 is 2.12 bits per heavy atom. The van der Waals surface area contributed by atoms with Crippen molar-refractivity contribution in [1.82, 2.24) is 5.32 Å². The van der Waals surface area contributed by atoms with Crippen LogP contribution in [-0.2, 0) is 6.54 Å². The summed E-state index contributed by atoms with van der Waals surface area (Å²) in [4.78, 5) is 13.7. The molecule has 1 aromatic carbocycles. The molecule has 0 atom stereocenters. The van der Waals surface area contributed by atoms with Crippen LogP contribution in [0.25, 0.3) is 0 Å². The Hall–Kier alpha value is -0.780. The van der Waals surface area contributed by atoms with Gasteiger partial charge in [0.2, 0.25) is 0 Å².